The van der Waals surface area contributed by atoms with Crippen LogP contribution in [0.15, 0.2) is 53.4 Å². The Morgan fingerprint density at radius 1 is 1.08 bits per heavy atom. The Labute approximate surface area is 150 Å². The second-order valence-corrected chi connectivity index (χ2v) is 7.20. The minimum Gasteiger partial charge on any atom is -0.340 e. The number of nitrogens with two attached hydrogens (primary N) is 1. The predicted molar refractivity (Wildman–Crippen MR) is 94.8 cm³/mol. The van der Waals surface area contributed by atoms with Crippen LogP contribution in [-0.2, 0) is 14.8 Å². The monoisotopic (exact) mass is 381 g/mol. The summed E-state index contributed by atoms with van der Waals surface area (Å²) in [5, 5.41) is 10.4. The van der Waals surface area contributed by atoms with Crippen LogP contribution in [0.2, 0.25) is 5.02 Å². The van der Waals surface area contributed by atoms with Gasteiger partial charge in [0.2, 0.25) is 15.9 Å². The van der Waals surface area contributed by atoms with E-state index in [0.717, 1.165) is 0 Å². The topological polar surface area (TPSA) is 118 Å². The third kappa shape index (κ3) is 5.02. The lowest BCUT2D eigenvalue weighted by Gasteiger charge is -2.15. The summed E-state index contributed by atoms with van der Waals surface area (Å²) in [7, 11) is -3.80. The van der Waals surface area contributed by atoms with Gasteiger partial charge in [-0.05, 0) is 43.3 Å². The van der Waals surface area contributed by atoms with E-state index in [4.69, 9.17) is 16.7 Å². The van der Waals surface area contributed by atoms with Crippen molar-refractivity contribution in [3.8, 4) is 0 Å². The van der Waals surface area contributed by atoms with E-state index in [-0.39, 0.29) is 15.5 Å². The highest BCUT2D eigenvalue weighted by Crippen LogP contribution is 2.15. The molecule has 0 radical (unpaired) electrons. The molecule has 2 amide bonds. The van der Waals surface area contributed by atoms with Gasteiger partial charge in [0.25, 0.3) is 5.91 Å². The van der Waals surface area contributed by atoms with Gasteiger partial charge >= 0.3 is 0 Å². The minimum absolute atomic E-state index is 0.0643. The summed E-state index contributed by atoms with van der Waals surface area (Å²) in [6.07, 6.45) is 0. The number of sulfonamides is 1. The van der Waals surface area contributed by atoms with Crippen LogP contribution >= 0.6 is 11.6 Å². The first-order valence-corrected chi connectivity index (χ1v) is 9.10. The number of amides is 2. The fourth-order valence-corrected chi connectivity index (χ4v) is 2.70. The first-order chi connectivity index (χ1) is 11.7. The van der Waals surface area contributed by atoms with Crippen LogP contribution in [0, 0.1) is 0 Å². The first-order valence-electron chi connectivity index (χ1n) is 7.17. The lowest BCUT2D eigenvalue weighted by molar-refractivity contribution is -0.117. The van der Waals surface area contributed by atoms with E-state index in [1.165, 1.54) is 31.2 Å². The summed E-state index contributed by atoms with van der Waals surface area (Å²) in [5.74, 6) is -0.943. The highest BCUT2D eigenvalue weighted by atomic mass is 35.5. The van der Waals surface area contributed by atoms with Gasteiger partial charge in [-0.1, -0.05) is 23.7 Å². The van der Waals surface area contributed by atoms with Crippen molar-refractivity contribution >= 4 is 39.1 Å². The summed E-state index contributed by atoms with van der Waals surface area (Å²) >= 11 is 5.94. The van der Waals surface area contributed by atoms with Crippen molar-refractivity contribution < 1.29 is 18.0 Å². The molecule has 25 heavy (non-hydrogen) atoms. The van der Waals surface area contributed by atoms with E-state index in [1.54, 1.807) is 24.3 Å². The lowest BCUT2D eigenvalue weighted by Crippen LogP contribution is -2.41. The zero-order valence-electron chi connectivity index (χ0n) is 13.2. The van der Waals surface area contributed by atoms with Gasteiger partial charge in [0.15, 0.2) is 0 Å². The van der Waals surface area contributed by atoms with E-state index in [1.807, 2.05) is 0 Å². The minimum atomic E-state index is -3.80. The van der Waals surface area contributed by atoms with Gasteiger partial charge in [-0.3, -0.25) is 9.59 Å². The molecular formula is C16H16ClN3O4S. The molecule has 0 fully saturated rings. The number of hydrogen-bond donors (Lipinski definition) is 3. The van der Waals surface area contributed by atoms with Crippen molar-refractivity contribution in [3.05, 3.63) is 59.1 Å². The van der Waals surface area contributed by atoms with E-state index in [0.29, 0.717) is 5.69 Å². The molecule has 7 nitrogen and oxygen atoms in total. The molecule has 0 aromatic heterocycles. The SMILES string of the molecule is CC(NC(=O)c1ccccc1Cl)C(=O)Nc1ccc(S(N)(=O)=O)cc1. The van der Waals surface area contributed by atoms with Crippen molar-refractivity contribution in [3.63, 3.8) is 0 Å². The largest absolute Gasteiger partial charge is 0.340 e. The van der Waals surface area contributed by atoms with Crippen molar-refractivity contribution in [2.45, 2.75) is 17.9 Å². The number of halogens is 1. The Morgan fingerprint density at radius 2 is 1.68 bits per heavy atom. The number of carbonyl (C=O) groups excluding carboxylic acids is 2. The van der Waals surface area contributed by atoms with Gasteiger partial charge in [0.1, 0.15) is 6.04 Å². The van der Waals surface area contributed by atoms with Crippen LogP contribution in [0.5, 0.6) is 0 Å². The average molecular weight is 382 g/mol. The number of rotatable bonds is 5. The Balaban J connectivity index is 2.01. The van der Waals surface area contributed by atoms with Crippen LogP contribution in [0.4, 0.5) is 5.69 Å². The summed E-state index contributed by atoms with van der Waals surface area (Å²) in [6.45, 7) is 1.52. The Kier molecular flexibility index (Phi) is 5.78. The van der Waals surface area contributed by atoms with Crippen LogP contribution in [0.1, 0.15) is 17.3 Å². The van der Waals surface area contributed by atoms with Crippen LogP contribution in [-0.4, -0.2) is 26.3 Å². The normalized spacial score (nSPS) is 12.3. The summed E-state index contributed by atoms with van der Waals surface area (Å²) in [4.78, 5) is 24.2. The maximum absolute atomic E-state index is 12.1. The fraction of sp³-hybridized carbons (Fsp3) is 0.125. The summed E-state index contributed by atoms with van der Waals surface area (Å²) in [6, 6.07) is 11.0. The number of hydrogen-bond acceptors (Lipinski definition) is 4. The average Bonchev–Trinajstić information content (AvgIpc) is 2.54. The zero-order valence-corrected chi connectivity index (χ0v) is 14.8. The molecule has 9 heteroatoms. The van der Waals surface area contributed by atoms with Gasteiger partial charge in [0, 0.05) is 5.69 Å². The third-order valence-electron chi connectivity index (χ3n) is 3.31. The van der Waals surface area contributed by atoms with Gasteiger partial charge < -0.3 is 10.6 Å². The molecule has 0 aliphatic carbocycles. The maximum atomic E-state index is 12.1. The Bertz CT molecular complexity index is 898. The number of carbonyl (C=O) groups is 2. The fourth-order valence-electron chi connectivity index (χ4n) is 1.96. The maximum Gasteiger partial charge on any atom is 0.253 e. The van der Waals surface area contributed by atoms with Crippen molar-refractivity contribution in [1.29, 1.82) is 0 Å². The van der Waals surface area contributed by atoms with E-state index >= 15 is 0 Å². The van der Waals surface area contributed by atoms with Crippen molar-refractivity contribution in [1.82, 2.24) is 5.32 Å². The van der Waals surface area contributed by atoms with Crippen LogP contribution in [0.25, 0.3) is 0 Å². The molecule has 1 unspecified atom stereocenters. The Morgan fingerprint density at radius 3 is 2.24 bits per heavy atom. The molecule has 132 valence electrons. The van der Waals surface area contributed by atoms with Gasteiger partial charge in [-0.2, -0.15) is 0 Å². The number of primary sulfonamides is 1. The summed E-state index contributed by atoms with van der Waals surface area (Å²) < 4.78 is 22.4. The highest BCUT2D eigenvalue weighted by Gasteiger charge is 2.18. The molecular weight excluding hydrogens is 366 g/mol. The quantitative estimate of drug-likeness (QED) is 0.730. The standard InChI is InChI=1S/C16H16ClN3O4S/c1-10(19-16(22)13-4-2-3-5-14(13)17)15(21)20-11-6-8-12(9-7-11)25(18,23)24/h2-10H,1H3,(H,19,22)(H,20,21)(H2,18,23,24). The molecule has 0 saturated heterocycles. The van der Waals surface area contributed by atoms with Gasteiger partial charge in [-0.25, -0.2) is 13.6 Å². The molecule has 0 saturated carbocycles. The van der Waals surface area contributed by atoms with E-state index in [9.17, 15) is 18.0 Å². The third-order valence-corrected chi connectivity index (χ3v) is 4.57. The smallest absolute Gasteiger partial charge is 0.253 e. The molecule has 2 aromatic rings. The van der Waals surface area contributed by atoms with E-state index < -0.39 is 27.9 Å². The number of nitrogens with one attached hydrogen (secondary N) is 2. The number of anilines is 1. The van der Waals surface area contributed by atoms with E-state index in [2.05, 4.69) is 10.6 Å². The first kappa shape index (κ1) is 18.9. The zero-order chi connectivity index (χ0) is 18.6. The van der Waals surface area contributed by atoms with Crippen molar-refractivity contribution in [2.75, 3.05) is 5.32 Å². The highest BCUT2D eigenvalue weighted by molar-refractivity contribution is 7.89. The van der Waals surface area contributed by atoms with Crippen LogP contribution in [0.3, 0.4) is 0 Å². The van der Waals surface area contributed by atoms with Crippen molar-refractivity contribution in [2.24, 2.45) is 5.14 Å². The molecule has 0 aliphatic rings. The predicted octanol–water partition coefficient (Wildman–Crippen LogP) is 1.74. The van der Waals surface area contributed by atoms with Crippen LogP contribution < -0.4 is 15.8 Å². The summed E-state index contributed by atoms with van der Waals surface area (Å²) in [5.41, 5.74) is 0.637. The second kappa shape index (κ2) is 7.64. The Hall–Kier alpha value is -2.42. The molecule has 1 atom stereocenters. The molecule has 0 heterocycles. The van der Waals surface area contributed by atoms with Gasteiger partial charge in [-0.15, -0.1) is 0 Å². The molecule has 0 spiro atoms. The second-order valence-electron chi connectivity index (χ2n) is 5.23. The molecule has 4 N–H and O–H groups in total. The molecule has 0 bridgehead atoms. The molecule has 2 rings (SSSR count). The number of benzene rings is 2. The lowest BCUT2D eigenvalue weighted by atomic mass is 10.2. The molecule has 0 aliphatic heterocycles. The molecule has 2 aromatic carbocycles. The van der Waals surface area contributed by atoms with Gasteiger partial charge in [0.05, 0.1) is 15.5 Å².